The van der Waals surface area contributed by atoms with Gasteiger partial charge in [0.15, 0.2) is 0 Å². The first-order valence-electron chi connectivity index (χ1n) is 9.47. The van der Waals surface area contributed by atoms with Gasteiger partial charge in [-0.15, -0.1) is 0 Å². The van der Waals surface area contributed by atoms with Crippen molar-refractivity contribution in [2.75, 3.05) is 0 Å². The van der Waals surface area contributed by atoms with Crippen LogP contribution in [0.4, 0.5) is 0 Å². The Morgan fingerprint density at radius 1 is 0.630 bits per heavy atom. The van der Waals surface area contributed by atoms with E-state index in [2.05, 4.69) is 101 Å². The van der Waals surface area contributed by atoms with Crippen LogP contribution in [0.5, 0.6) is 0 Å². The summed E-state index contributed by atoms with van der Waals surface area (Å²) in [4.78, 5) is 0. The van der Waals surface area contributed by atoms with E-state index in [4.69, 9.17) is 0 Å². The molecule has 0 N–H and O–H groups in total. The van der Waals surface area contributed by atoms with Crippen LogP contribution in [0.25, 0.3) is 12.2 Å². The molecule has 0 radical (unpaired) electrons. The maximum atomic E-state index is 2.58. The third-order valence-corrected chi connectivity index (χ3v) is 37.3. The molecule has 0 nitrogen and oxygen atoms in total. The molecule has 3 heteroatoms. The van der Waals surface area contributed by atoms with Crippen molar-refractivity contribution in [1.82, 2.24) is 0 Å². The molecule has 0 saturated carbocycles. The van der Waals surface area contributed by atoms with E-state index in [9.17, 15) is 0 Å². The molecule has 0 aromatic heterocycles. The summed E-state index contributed by atoms with van der Waals surface area (Å²) in [6.45, 7) is 10.3. The van der Waals surface area contributed by atoms with Crippen LogP contribution < -0.4 is 24.8 Å². The van der Waals surface area contributed by atoms with Gasteiger partial charge in [0, 0.05) is 0 Å². The molecule has 140 valence electrons. The fourth-order valence-electron chi connectivity index (χ4n) is 6.44. The van der Waals surface area contributed by atoms with Gasteiger partial charge in [-0.3, -0.25) is 0 Å². The number of rotatable bonds is 2. The van der Waals surface area contributed by atoms with Gasteiger partial charge >= 0.3 is 156 Å². The Labute approximate surface area is 180 Å². The van der Waals surface area contributed by atoms with Gasteiger partial charge < -0.3 is 24.8 Å². The maximum Gasteiger partial charge on any atom is -1.00 e. The largest absolute Gasteiger partial charge is 1.00 e. The van der Waals surface area contributed by atoms with Crippen molar-refractivity contribution in [2.24, 2.45) is 0 Å². The number of hydrogen-bond acceptors (Lipinski definition) is 0. The van der Waals surface area contributed by atoms with Gasteiger partial charge in [-0.25, -0.2) is 0 Å². The minimum absolute atomic E-state index is 0. The Hall–Kier alpha value is -0.630. The van der Waals surface area contributed by atoms with Crippen molar-refractivity contribution < 1.29 is 44.8 Å². The summed E-state index contributed by atoms with van der Waals surface area (Å²) in [5.41, 5.74) is 6.14. The zero-order valence-electron chi connectivity index (χ0n) is 16.3. The Morgan fingerprint density at radius 3 is 1.37 bits per heavy atom. The SMILES string of the molecule is C[C]1(C)[C](C)(C)[Hf+2]1([CH]1C=Cc2ccccc21)[CH]1C=Cc2ccccc21.[Cl-].[Cl-]. The van der Waals surface area contributed by atoms with Crippen LogP contribution in [-0.4, -0.2) is 0 Å². The third-order valence-electron chi connectivity index (χ3n) is 8.15. The molecule has 1 aliphatic heterocycles. The van der Waals surface area contributed by atoms with Gasteiger partial charge in [-0.2, -0.15) is 0 Å². The fourth-order valence-corrected chi connectivity index (χ4v) is 41.6. The van der Waals surface area contributed by atoms with Crippen LogP contribution >= 0.6 is 0 Å². The summed E-state index contributed by atoms with van der Waals surface area (Å²) in [6, 6.07) is 18.2. The molecule has 2 atom stereocenters. The quantitative estimate of drug-likeness (QED) is 0.481. The molecule has 3 aliphatic rings. The molecule has 2 aromatic carbocycles. The molecule has 1 heterocycles. The maximum absolute atomic E-state index is 2.88. The van der Waals surface area contributed by atoms with Crippen LogP contribution in [0.2, 0.25) is 6.34 Å². The van der Waals surface area contributed by atoms with E-state index >= 15 is 0 Å². The van der Waals surface area contributed by atoms with E-state index in [-0.39, 0.29) is 24.8 Å². The van der Waals surface area contributed by atoms with Gasteiger partial charge in [-0.1, -0.05) is 0 Å². The van der Waals surface area contributed by atoms with Gasteiger partial charge in [0.05, 0.1) is 0 Å². The molecule has 1 saturated heterocycles. The van der Waals surface area contributed by atoms with E-state index in [0.29, 0.717) is 13.7 Å². The zero-order chi connectivity index (χ0) is 17.4. The summed E-state index contributed by atoms with van der Waals surface area (Å²) in [5.74, 6) is 0. The monoisotopic (exact) mass is 564 g/mol. The zero-order valence-corrected chi connectivity index (χ0v) is 21.4. The van der Waals surface area contributed by atoms with Crippen molar-refractivity contribution in [3.63, 3.8) is 0 Å². The van der Waals surface area contributed by atoms with E-state index in [1.165, 1.54) is 11.1 Å². The Morgan fingerprint density at radius 2 is 1.00 bits per heavy atom. The molecule has 2 aliphatic carbocycles. The van der Waals surface area contributed by atoms with Crippen molar-refractivity contribution in [3.05, 3.63) is 82.9 Å². The van der Waals surface area contributed by atoms with E-state index in [1.54, 1.807) is 11.1 Å². The second-order valence-corrected chi connectivity index (χ2v) is 28.7. The second kappa shape index (κ2) is 6.71. The molecule has 0 amide bonds. The number of halogens is 2. The van der Waals surface area contributed by atoms with E-state index in [1.807, 2.05) is 0 Å². The average molecular weight is 564 g/mol. The Bertz CT molecular complexity index is 861. The first-order chi connectivity index (χ1) is 11.9. The molecule has 0 bridgehead atoms. The van der Waals surface area contributed by atoms with Crippen LogP contribution in [0.15, 0.2) is 60.7 Å². The van der Waals surface area contributed by atoms with Crippen LogP contribution in [0, 0.1) is 0 Å². The first-order valence-corrected chi connectivity index (χ1v) is 17.2. The van der Waals surface area contributed by atoms with Crippen molar-refractivity contribution in [3.8, 4) is 0 Å². The van der Waals surface area contributed by atoms with Crippen LogP contribution in [0.3, 0.4) is 0 Å². The Kier molecular flexibility index (Phi) is 5.24. The standard InChI is InChI=1S/2C9H7.C6H12.2ClH.Hf/c2*1-2-5-9-7-3-6-8(9)4-1;1-5(2)6(3)4;;;/h2*1-7H;1-4H3;2*1H;/q;;;;;+2/p-2. The smallest absolute Gasteiger partial charge is 1.00 e. The van der Waals surface area contributed by atoms with Gasteiger partial charge in [0.1, 0.15) is 0 Å². The molecule has 0 spiro atoms. The molecule has 1 fully saturated rings. The number of allylic oxidation sites excluding steroid dienone is 2. The van der Waals surface area contributed by atoms with Crippen LogP contribution in [0.1, 0.15) is 57.3 Å². The summed E-state index contributed by atoms with van der Waals surface area (Å²) >= 11 is -2.88. The number of benzene rings is 2. The minimum Gasteiger partial charge on any atom is -1.00 e. The summed E-state index contributed by atoms with van der Waals surface area (Å²) in [6.07, 6.45) is 9.96. The molecule has 5 rings (SSSR count). The average Bonchev–Trinajstić information content (AvgIpc) is 3.07. The first kappa shape index (κ1) is 21.1. The fraction of sp³-hybridized carbons (Fsp3) is 0.333. The molecular formula is C24H26Cl2Hf. The predicted molar refractivity (Wildman–Crippen MR) is 105 cm³/mol. The van der Waals surface area contributed by atoms with Gasteiger partial charge in [0.2, 0.25) is 0 Å². The Balaban J connectivity index is 0.00000105. The third kappa shape index (κ3) is 2.38. The second-order valence-electron chi connectivity index (χ2n) is 9.05. The molecular weight excluding hydrogens is 538 g/mol. The summed E-state index contributed by atoms with van der Waals surface area (Å²) in [7, 11) is 0. The number of hydrogen-bond donors (Lipinski definition) is 0. The topological polar surface area (TPSA) is 0 Å². The molecule has 27 heavy (non-hydrogen) atoms. The van der Waals surface area contributed by atoms with Gasteiger partial charge in [0.25, 0.3) is 0 Å². The van der Waals surface area contributed by atoms with Crippen LogP contribution in [-0.2, 0) is 20.0 Å². The number of fused-ring (bicyclic) bond motifs is 2. The van der Waals surface area contributed by atoms with Crippen molar-refractivity contribution in [2.45, 2.75) is 41.4 Å². The normalized spacial score (nSPS) is 25.3. The predicted octanol–water partition coefficient (Wildman–Crippen LogP) is 1.10. The summed E-state index contributed by atoms with van der Waals surface area (Å²) < 4.78 is 2.40. The minimum atomic E-state index is -2.88. The van der Waals surface area contributed by atoms with Crippen molar-refractivity contribution >= 4 is 12.2 Å². The molecule has 2 unspecified atom stereocenters. The van der Waals surface area contributed by atoms with E-state index in [0.717, 1.165) is 0 Å². The van der Waals surface area contributed by atoms with Crippen molar-refractivity contribution in [1.29, 1.82) is 0 Å². The summed E-state index contributed by atoms with van der Waals surface area (Å²) in [5, 5.41) is 0. The molecule has 2 aromatic rings. The van der Waals surface area contributed by atoms with E-state index < -0.39 is 20.0 Å². The van der Waals surface area contributed by atoms with Gasteiger partial charge in [-0.05, 0) is 0 Å².